The summed E-state index contributed by atoms with van der Waals surface area (Å²) in [6.07, 6.45) is 1.46. The molecule has 0 saturated heterocycles. The van der Waals surface area contributed by atoms with Crippen LogP contribution in [0.4, 0.5) is 14.6 Å². The molecule has 0 aromatic carbocycles. The molecule has 19 heavy (non-hydrogen) atoms. The molecule has 8 heteroatoms. The van der Waals surface area contributed by atoms with Gasteiger partial charge in [0.15, 0.2) is 11.6 Å². The maximum atomic E-state index is 13.1. The monoisotopic (exact) mass is 262 g/mol. The van der Waals surface area contributed by atoms with Gasteiger partial charge >= 0.3 is 0 Å². The maximum Gasteiger partial charge on any atom is 0.281 e. The minimum Gasteiger partial charge on any atom is -0.382 e. The van der Waals surface area contributed by atoms with E-state index >= 15 is 0 Å². The van der Waals surface area contributed by atoms with Crippen LogP contribution in [0.3, 0.4) is 0 Å². The number of anilines is 1. The highest BCUT2D eigenvalue weighted by Gasteiger charge is 2.22. The van der Waals surface area contributed by atoms with Crippen molar-refractivity contribution in [1.29, 1.82) is 0 Å². The Bertz CT molecular complexity index is 725. The highest BCUT2D eigenvalue weighted by atomic mass is 19.3. The molecule has 3 rings (SSSR count). The second kappa shape index (κ2) is 4.23. The molecule has 0 aliphatic carbocycles. The highest BCUT2D eigenvalue weighted by molar-refractivity contribution is 5.98. The van der Waals surface area contributed by atoms with Crippen molar-refractivity contribution in [2.75, 3.05) is 5.73 Å². The zero-order valence-corrected chi connectivity index (χ0v) is 9.51. The van der Waals surface area contributed by atoms with E-state index in [0.29, 0.717) is 10.9 Å². The number of rotatable bonds is 2. The Labute approximate surface area is 105 Å². The molecule has 3 N–H and O–H groups in total. The Morgan fingerprint density at radius 3 is 2.58 bits per heavy atom. The minimum atomic E-state index is -2.74. The topological polar surface area (TPSA) is 93.4 Å². The van der Waals surface area contributed by atoms with Gasteiger partial charge in [0.2, 0.25) is 0 Å². The van der Waals surface area contributed by atoms with Gasteiger partial charge in [0, 0.05) is 18.6 Å². The smallest absolute Gasteiger partial charge is 0.281 e. The first kappa shape index (κ1) is 11.5. The molecule has 3 aromatic heterocycles. The molecular weight excluding hydrogens is 254 g/mol. The van der Waals surface area contributed by atoms with E-state index in [4.69, 9.17) is 5.73 Å². The number of nitrogen functional groups attached to an aromatic ring is 1. The van der Waals surface area contributed by atoms with E-state index in [1.807, 2.05) is 0 Å². The van der Waals surface area contributed by atoms with Gasteiger partial charge in [-0.1, -0.05) is 0 Å². The molecule has 0 radical (unpaired) electrons. The molecular formula is C11H8F2N6. The van der Waals surface area contributed by atoms with Gasteiger partial charge in [-0.05, 0) is 6.07 Å². The van der Waals surface area contributed by atoms with Crippen LogP contribution < -0.4 is 5.73 Å². The van der Waals surface area contributed by atoms with Crippen molar-refractivity contribution < 1.29 is 8.78 Å². The number of alkyl halides is 2. The number of hydrogen-bond donors (Lipinski definition) is 2. The number of aromatic nitrogens is 5. The number of H-pyrrole nitrogens is 1. The fraction of sp³-hybridized carbons (Fsp3) is 0.0909. The molecule has 0 spiro atoms. The van der Waals surface area contributed by atoms with E-state index in [1.165, 1.54) is 18.6 Å². The van der Waals surface area contributed by atoms with Crippen LogP contribution in [0.25, 0.3) is 22.3 Å². The predicted molar refractivity (Wildman–Crippen MR) is 64.3 cm³/mol. The third-order valence-corrected chi connectivity index (χ3v) is 2.67. The fourth-order valence-corrected chi connectivity index (χ4v) is 1.83. The first-order chi connectivity index (χ1) is 9.18. The molecule has 0 atom stereocenters. The van der Waals surface area contributed by atoms with E-state index < -0.39 is 12.1 Å². The second-order valence-corrected chi connectivity index (χ2v) is 3.79. The Morgan fingerprint density at radius 1 is 1.16 bits per heavy atom. The summed E-state index contributed by atoms with van der Waals surface area (Å²) in [4.78, 5) is 11.7. The molecule has 6 nitrogen and oxygen atoms in total. The van der Waals surface area contributed by atoms with Gasteiger partial charge in [-0.25, -0.2) is 18.7 Å². The van der Waals surface area contributed by atoms with Crippen LogP contribution in [0.5, 0.6) is 0 Å². The first-order valence-electron chi connectivity index (χ1n) is 5.36. The SMILES string of the molecule is Nc1n[nH]c2c(-c3ncccn3)c(C(F)F)ncc12. The van der Waals surface area contributed by atoms with E-state index in [-0.39, 0.29) is 17.2 Å². The molecule has 0 amide bonds. The average Bonchev–Trinajstić information content (AvgIpc) is 2.80. The van der Waals surface area contributed by atoms with E-state index in [9.17, 15) is 8.78 Å². The normalized spacial score (nSPS) is 11.3. The van der Waals surface area contributed by atoms with Crippen molar-refractivity contribution in [3.05, 3.63) is 30.4 Å². The summed E-state index contributed by atoms with van der Waals surface area (Å²) in [6, 6.07) is 1.60. The lowest BCUT2D eigenvalue weighted by Gasteiger charge is -2.07. The lowest BCUT2D eigenvalue weighted by atomic mass is 10.1. The van der Waals surface area contributed by atoms with Crippen molar-refractivity contribution in [3.63, 3.8) is 0 Å². The summed E-state index contributed by atoms with van der Waals surface area (Å²) in [7, 11) is 0. The van der Waals surface area contributed by atoms with Crippen LogP contribution in [0.2, 0.25) is 0 Å². The average molecular weight is 262 g/mol. The number of aromatic amines is 1. The largest absolute Gasteiger partial charge is 0.382 e. The van der Waals surface area contributed by atoms with Crippen LogP contribution in [0.1, 0.15) is 12.1 Å². The zero-order chi connectivity index (χ0) is 13.4. The Hall–Kier alpha value is -2.64. The summed E-state index contributed by atoms with van der Waals surface area (Å²) in [5.41, 5.74) is 5.72. The summed E-state index contributed by atoms with van der Waals surface area (Å²) in [6.45, 7) is 0. The molecule has 0 unspecified atom stereocenters. The van der Waals surface area contributed by atoms with Crippen LogP contribution in [0.15, 0.2) is 24.7 Å². The van der Waals surface area contributed by atoms with Gasteiger partial charge in [0.1, 0.15) is 5.69 Å². The second-order valence-electron chi connectivity index (χ2n) is 3.79. The molecule has 0 fully saturated rings. The van der Waals surface area contributed by atoms with Gasteiger partial charge in [0.05, 0.1) is 16.5 Å². The Balaban J connectivity index is 2.39. The zero-order valence-electron chi connectivity index (χ0n) is 9.51. The number of hydrogen-bond acceptors (Lipinski definition) is 5. The molecule has 3 aromatic rings. The standard InChI is InChI=1S/C11H8F2N6/c12-9(13)8-6(11-15-2-1-3-16-11)7-5(4-17-8)10(14)19-18-7/h1-4,9H,(H3,14,18,19). The van der Waals surface area contributed by atoms with Crippen molar-refractivity contribution in [2.24, 2.45) is 0 Å². The van der Waals surface area contributed by atoms with Crippen molar-refractivity contribution in [1.82, 2.24) is 25.1 Å². The van der Waals surface area contributed by atoms with Crippen LogP contribution in [-0.2, 0) is 0 Å². The van der Waals surface area contributed by atoms with E-state index in [1.54, 1.807) is 6.07 Å². The minimum absolute atomic E-state index is 0.123. The van der Waals surface area contributed by atoms with E-state index in [0.717, 1.165) is 0 Å². The van der Waals surface area contributed by atoms with Gasteiger partial charge in [-0.2, -0.15) is 5.10 Å². The number of fused-ring (bicyclic) bond motifs is 1. The van der Waals surface area contributed by atoms with Gasteiger partial charge in [-0.3, -0.25) is 10.1 Å². The third-order valence-electron chi connectivity index (χ3n) is 2.67. The summed E-state index contributed by atoms with van der Waals surface area (Å²) >= 11 is 0. The molecule has 0 aliphatic rings. The van der Waals surface area contributed by atoms with Crippen molar-refractivity contribution >= 4 is 16.7 Å². The first-order valence-corrected chi connectivity index (χ1v) is 5.36. The maximum absolute atomic E-state index is 13.1. The number of nitrogens with two attached hydrogens (primary N) is 1. The number of halogens is 2. The van der Waals surface area contributed by atoms with Crippen LogP contribution in [-0.4, -0.2) is 25.1 Å². The number of nitrogens with zero attached hydrogens (tertiary/aromatic N) is 4. The quantitative estimate of drug-likeness (QED) is 0.736. The van der Waals surface area contributed by atoms with Crippen LogP contribution >= 0.6 is 0 Å². The fourth-order valence-electron chi connectivity index (χ4n) is 1.83. The lowest BCUT2D eigenvalue weighted by molar-refractivity contribution is 0.147. The Kier molecular flexibility index (Phi) is 2.55. The van der Waals surface area contributed by atoms with Crippen LogP contribution in [0, 0.1) is 0 Å². The number of nitrogens with one attached hydrogen (secondary N) is 1. The molecule has 0 saturated carbocycles. The lowest BCUT2D eigenvalue weighted by Crippen LogP contribution is -1.99. The summed E-state index contributed by atoms with van der Waals surface area (Å²) < 4.78 is 26.1. The van der Waals surface area contributed by atoms with Gasteiger partial charge in [0.25, 0.3) is 6.43 Å². The highest BCUT2D eigenvalue weighted by Crippen LogP contribution is 2.33. The van der Waals surface area contributed by atoms with Gasteiger partial charge in [-0.15, -0.1) is 0 Å². The van der Waals surface area contributed by atoms with E-state index in [2.05, 4.69) is 25.1 Å². The molecule has 0 bridgehead atoms. The molecule has 96 valence electrons. The van der Waals surface area contributed by atoms with Crippen molar-refractivity contribution in [3.8, 4) is 11.4 Å². The number of pyridine rings is 1. The molecule has 0 aliphatic heterocycles. The molecule has 3 heterocycles. The van der Waals surface area contributed by atoms with Gasteiger partial charge < -0.3 is 5.73 Å². The predicted octanol–water partition coefficient (Wildman–Crippen LogP) is 1.93. The Morgan fingerprint density at radius 2 is 1.89 bits per heavy atom. The third kappa shape index (κ3) is 1.77. The summed E-state index contributed by atoms with van der Waals surface area (Å²) in [5.74, 6) is 0.347. The van der Waals surface area contributed by atoms with Crippen molar-refractivity contribution in [2.45, 2.75) is 6.43 Å². The summed E-state index contributed by atoms with van der Waals surface area (Å²) in [5, 5.41) is 6.88.